The molecular weight excluding hydrogens is 519 g/mol. The van der Waals surface area contributed by atoms with Crippen LogP contribution in [0.5, 0.6) is 5.88 Å². The van der Waals surface area contributed by atoms with Crippen LogP contribution in [-0.2, 0) is 11.3 Å². The van der Waals surface area contributed by atoms with E-state index in [2.05, 4.69) is 4.98 Å². The van der Waals surface area contributed by atoms with Crippen molar-refractivity contribution in [2.24, 2.45) is 0 Å². The van der Waals surface area contributed by atoms with Crippen LogP contribution in [0.2, 0.25) is 15.1 Å². The normalized spacial score (nSPS) is 10.8. The topological polar surface area (TPSA) is 48.4 Å². The van der Waals surface area contributed by atoms with Crippen molar-refractivity contribution in [2.45, 2.75) is 6.61 Å². The smallest absolute Gasteiger partial charge is 0.343 e. The molecule has 178 valence electrons. The van der Waals surface area contributed by atoms with Gasteiger partial charge in [0.25, 0.3) is 0 Å². The van der Waals surface area contributed by atoms with Gasteiger partial charge in [0.1, 0.15) is 12.2 Å². The van der Waals surface area contributed by atoms with Gasteiger partial charge in [-0.25, -0.2) is 18.6 Å². The molecule has 4 rings (SSSR count). The number of hydrogen-bond donors (Lipinski definition) is 0. The predicted molar refractivity (Wildman–Crippen MR) is 132 cm³/mol. The van der Waals surface area contributed by atoms with E-state index in [1.54, 1.807) is 48.5 Å². The zero-order valence-corrected chi connectivity index (χ0v) is 20.4. The molecule has 3 aromatic carbocycles. The van der Waals surface area contributed by atoms with Crippen molar-refractivity contribution >= 4 is 40.8 Å². The van der Waals surface area contributed by atoms with Crippen LogP contribution in [0.15, 0.2) is 66.7 Å². The third-order valence-corrected chi connectivity index (χ3v) is 5.89. The Balaban J connectivity index is 1.88. The van der Waals surface area contributed by atoms with Crippen molar-refractivity contribution < 1.29 is 23.0 Å². The van der Waals surface area contributed by atoms with Gasteiger partial charge in [-0.15, -0.1) is 0 Å². The molecule has 0 amide bonds. The molecule has 0 spiro atoms. The van der Waals surface area contributed by atoms with Crippen LogP contribution in [-0.4, -0.2) is 18.1 Å². The van der Waals surface area contributed by atoms with Crippen molar-refractivity contribution in [1.82, 2.24) is 4.98 Å². The number of nitrogens with zero attached hydrogens (tertiary/aromatic N) is 1. The molecule has 4 nitrogen and oxygen atoms in total. The molecule has 0 atom stereocenters. The van der Waals surface area contributed by atoms with E-state index >= 15 is 0 Å². The Morgan fingerprint density at radius 1 is 0.857 bits per heavy atom. The summed E-state index contributed by atoms with van der Waals surface area (Å²) in [5.74, 6) is -2.75. The number of esters is 1. The molecule has 0 radical (unpaired) electrons. The van der Waals surface area contributed by atoms with E-state index in [9.17, 15) is 13.6 Å². The maximum Gasteiger partial charge on any atom is 0.343 e. The number of carbonyl (C=O) groups is 1. The molecule has 1 heterocycles. The Morgan fingerprint density at radius 3 is 2.23 bits per heavy atom. The second-order valence-electron chi connectivity index (χ2n) is 7.40. The number of rotatable bonds is 6. The number of methoxy groups -OCH3 is 1. The highest BCUT2D eigenvalue weighted by atomic mass is 35.5. The van der Waals surface area contributed by atoms with Crippen LogP contribution >= 0.6 is 34.8 Å². The van der Waals surface area contributed by atoms with Crippen LogP contribution in [0.3, 0.4) is 0 Å². The molecular formula is C26H16Cl3F2NO3. The van der Waals surface area contributed by atoms with E-state index in [0.717, 1.165) is 12.1 Å². The van der Waals surface area contributed by atoms with Gasteiger partial charge in [0.2, 0.25) is 5.88 Å². The third kappa shape index (κ3) is 5.56. The number of pyridine rings is 1. The molecule has 35 heavy (non-hydrogen) atoms. The first-order valence-electron chi connectivity index (χ1n) is 10.2. The van der Waals surface area contributed by atoms with Gasteiger partial charge in [-0.05, 0) is 59.7 Å². The molecule has 0 aliphatic heterocycles. The summed E-state index contributed by atoms with van der Waals surface area (Å²) in [7, 11) is 1.23. The number of benzene rings is 3. The predicted octanol–water partition coefficient (Wildman–Crippen LogP) is 8.02. The highest BCUT2D eigenvalue weighted by Crippen LogP contribution is 2.39. The minimum absolute atomic E-state index is 0.0360. The molecule has 0 aliphatic carbocycles. The average molecular weight is 535 g/mol. The van der Waals surface area contributed by atoms with Crippen molar-refractivity contribution in [3.05, 3.63) is 105 Å². The number of hydrogen-bond acceptors (Lipinski definition) is 4. The number of halogens is 5. The fraction of sp³-hybridized carbons (Fsp3) is 0.0769. The summed E-state index contributed by atoms with van der Waals surface area (Å²) in [6, 6.07) is 16.8. The summed E-state index contributed by atoms with van der Waals surface area (Å²) in [6.45, 7) is -0.178. The van der Waals surface area contributed by atoms with E-state index in [1.165, 1.54) is 13.2 Å². The monoisotopic (exact) mass is 533 g/mol. The first kappa shape index (κ1) is 24.9. The zero-order valence-electron chi connectivity index (χ0n) is 18.1. The van der Waals surface area contributed by atoms with E-state index in [1.807, 2.05) is 0 Å². The van der Waals surface area contributed by atoms with Crippen molar-refractivity contribution in [2.75, 3.05) is 7.11 Å². The largest absolute Gasteiger partial charge is 0.472 e. The summed E-state index contributed by atoms with van der Waals surface area (Å²) in [5, 5.41) is 1.30. The highest BCUT2D eigenvalue weighted by Gasteiger charge is 2.22. The molecule has 0 unspecified atom stereocenters. The summed E-state index contributed by atoms with van der Waals surface area (Å²) in [6.07, 6.45) is 0. The second-order valence-corrected chi connectivity index (χ2v) is 8.68. The van der Waals surface area contributed by atoms with Crippen LogP contribution in [0.4, 0.5) is 8.78 Å². The minimum atomic E-state index is -1.01. The maximum absolute atomic E-state index is 13.6. The zero-order chi connectivity index (χ0) is 25.1. The van der Waals surface area contributed by atoms with Gasteiger partial charge in [0.05, 0.1) is 17.8 Å². The van der Waals surface area contributed by atoms with Crippen LogP contribution in [0, 0.1) is 11.6 Å². The van der Waals surface area contributed by atoms with Gasteiger partial charge in [-0.2, -0.15) is 0 Å². The summed E-state index contributed by atoms with van der Waals surface area (Å²) in [5.41, 5.74) is 2.59. The Hall–Kier alpha value is -3.19. The molecule has 0 saturated heterocycles. The molecule has 0 fully saturated rings. The lowest BCUT2D eigenvalue weighted by Crippen LogP contribution is -2.09. The highest BCUT2D eigenvalue weighted by molar-refractivity contribution is 6.36. The Kier molecular flexibility index (Phi) is 7.55. The van der Waals surface area contributed by atoms with E-state index in [0.29, 0.717) is 43.0 Å². The Morgan fingerprint density at radius 2 is 1.57 bits per heavy atom. The van der Waals surface area contributed by atoms with Crippen molar-refractivity contribution in [3.63, 3.8) is 0 Å². The first-order valence-corrected chi connectivity index (χ1v) is 11.3. The van der Waals surface area contributed by atoms with Gasteiger partial charge >= 0.3 is 5.97 Å². The van der Waals surface area contributed by atoms with Gasteiger partial charge in [0.15, 0.2) is 11.6 Å². The quantitative estimate of drug-likeness (QED) is 0.235. The standard InChI is InChI=1S/C26H16Cl3F2NO3/c1-34-26(33)20-12-19(15-3-5-16(27)6-4-15)24(18-8-7-17(28)11-21(18)29)32-25(20)35-13-14-2-9-22(30)23(31)10-14/h2-12H,13H2,1H3. The minimum Gasteiger partial charge on any atom is -0.472 e. The molecule has 0 N–H and O–H groups in total. The van der Waals surface area contributed by atoms with Gasteiger partial charge < -0.3 is 9.47 Å². The maximum atomic E-state index is 13.6. The van der Waals surface area contributed by atoms with E-state index in [4.69, 9.17) is 44.3 Å². The average Bonchev–Trinajstić information content (AvgIpc) is 2.84. The lowest BCUT2D eigenvalue weighted by Gasteiger charge is -2.17. The molecule has 0 aliphatic rings. The molecule has 0 saturated carbocycles. The molecule has 4 aromatic rings. The molecule has 1 aromatic heterocycles. The van der Waals surface area contributed by atoms with Gasteiger partial charge in [0, 0.05) is 21.2 Å². The van der Waals surface area contributed by atoms with Gasteiger partial charge in [-0.3, -0.25) is 0 Å². The lowest BCUT2D eigenvalue weighted by molar-refractivity contribution is 0.0594. The van der Waals surface area contributed by atoms with E-state index in [-0.39, 0.29) is 18.1 Å². The molecule has 9 heteroatoms. The van der Waals surface area contributed by atoms with Crippen molar-refractivity contribution in [1.29, 1.82) is 0 Å². The number of ether oxygens (including phenoxy) is 2. The summed E-state index contributed by atoms with van der Waals surface area (Å²) < 4.78 is 37.7. The fourth-order valence-corrected chi connectivity index (χ4v) is 4.00. The Bertz CT molecular complexity index is 1410. The number of aromatic nitrogens is 1. The second kappa shape index (κ2) is 10.6. The van der Waals surface area contributed by atoms with Crippen LogP contribution in [0.1, 0.15) is 15.9 Å². The van der Waals surface area contributed by atoms with Crippen LogP contribution < -0.4 is 4.74 Å². The van der Waals surface area contributed by atoms with Gasteiger partial charge in [-0.1, -0.05) is 53.0 Å². The SMILES string of the molecule is COC(=O)c1cc(-c2ccc(Cl)cc2)c(-c2ccc(Cl)cc2Cl)nc1OCc1ccc(F)c(F)c1. The van der Waals surface area contributed by atoms with E-state index < -0.39 is 17.6 Å². The Labute approximate surface area is 215 Å². The molecule has 0 bridgehead atoms. The summed E-state index contributed by atoms with van der Waals surface area (Å²) >= 11 is 18.6. The first-order chi connectivity index (χ1) is 16.8. The summed E-state index contributed by atoms with van der Waals surface area (Å²) in [4.78, 5) is 17.2. The fourth-order valence-electron chi connectivity index (χ4n) is 3.38. The third-order valence-electron chi connectivity index (χ3n) is 5.09. The number of carbonyl (C=O) groups excluding carboxylic acids is 1. The van der Waals surface area contributed by atoms with Crippen LogP contribution in [0.25, 0.3) is 22.4 Å². The van der Waals surface area contributed by atoms with Crippen molar-refractivity contribution in [3.8, 4) is 28.3 Å². The lowest BCUT2D eigenvalue weighted by atomic mass is 9.97.